The molecule has 0 aliphatic carbocycles. The molecule has 1 heterocycles. The summed E-state index contributed by atoms with van der Waals surface area (Å²) in [6, 6.07) is 0.564. The third-order valence-corrected chi connectivity index (χ3v) is 3.51. The molecule has 0 radical (unpaired) electrons. The number of aromatic nitrogens is 2. The maximum Gasteiger partial charge on any atom is 0.0534 e. The fourth-order valence-electron chi connectivity index (χ4n) is 2.38. The van der Waals surface area contributed by atoms with Crippen molar-refractivity contribution in [2.45, 2.75) is 46.7 Å². The molecule has 1 N–H and O–H groups in total. The van der Waals surface area contributed by atoms with E-state index in [2.05, 4.69) is 56.3 Å². The minimum absolute atomic E-state index is 0.311. The van der Waals surface area contributed by atoms with Crippen molar-refractivity contribution in [3.8, 4) is 0 Å². The quantitative estimate of drug-likeness (QED) is 0.822. The molecule has 0 aliphatic rings. The largest absolute Gasteiger partial charge is 0.314 e. The van der Waals surface area contributed by atoms with Gasteiger partial charge in [-0.05, 0) is 32.0 Å². The lowest BCUT2D eigenvalue weighted by atomic mass is 9.84. The van der Waals surface area contributed by atoms with Crippen LogP contribution in [0.25, 0.3) is 0 Å². The Labute approximate surface area is 118 Å². The van der Waals surface area contributed by atoms with Gasteiger partial charge in [-0.15, -0.1) is 0 Å². The van der Waals surface area contributed by atoms with Gasteiger partial charge in [-0.3, -0.25) is 4.68 Å². The number of hydrogen-bond acceptors (Lipinski definition) is 3. The van der Waals surface area contributed by atoms with Crippen molar-refractivity contribution in [3.63, 3.8) is 0 Å². The van der Waals surface area contributed by atoms with Crippen LogP contribution in [-0.2, 0) is 13.6 Å². The lowest BCUT2D eigenvalue weighted by molar-refractivity contribution is 0.221. The number of rotatable bonds is 7. The molecule has 1 unspecified atom stereocenters. The molecule has 1 aromatic rings. The minimum Gasteiger partial charge on any atom is -0.314 e. The van der Waals surface area contributed by atoms with Crippen LogP contribution in [0.15, 0.2) is 12.4 Å². The van der Waals surface area contributed by atoms with E-state index in [9.17, 15) is 0 Å². The normalized spacial score (nSPS) is 14.1. The molecule has 4 nitrogen and oxygen atoms in total. The molecule has 4 heteroatoms. The zero-order chi connectivity index (χ0) is 14.5. The maximum absolute atomic E-state index is 4.21. The van der Waals surface area contributed by atoms with Crippen LogP contribution < -0.4 is 5.32 Å². The van der Waals surface area contributed by atoms with Gasteiger partial charge in [0.05, 0.1) is 6.20 Å². The lowest BCUT2D eigenvalue weighted by Gasteiger charge is -2.32. The fourth-order valence-corrected chi connectivity index (χ4v) is 2.38. The SMILES string of the molecule is CCNC(CCN(C)Cc1cnn(C)c1)C(C)(C)C. The fraction of sp³-hybridized carbons (Fsp3) is 0.800. The van der Waals surface area contributed by atoms with E-state index in [-0.39, 0.29) is 0 Å². The average molecular weight is 266 g/mol. The average Bonchev–Trinajstić information content (AvgIpc) is 2.68. The zero-order valence-corrected chi connectivity index (χ0v) is 13.4. The van der Waals surface area contributed by atoms with Gasteiger partial charge in [0.15, 0.2) is 0 Å². The van der Waals surface area contributed by atoms with Crippen molar-refractivity contribution in [1.29, 1.82) is 0 Å². The first-order valence-electron chi connectivity index (χ1n) is 7.22. The molecule has 1 aromatic heterocycles. The molecule has 1 atom stereocenters. The Morgan fingerprint density at radius 1 is 1.42 bits per heavy atom. The van der Waals surface area contributed by atoms with E-state index in [0.717, 1.165) is 19.6 Å². The second-order valence-corrected chi connectivity index (χ2v) is 6.52. The number of aryl methyl sites for hydroxylation is 1. The first kappa shape index (κ1) is 16.2. The molecule has 1 rings (SSSR count). The van der Waals surface area contributed by atoms with E-state index < -0.39 is 0 Å². The molecular weight excluding hydrogens is 236 g/mol. The van der Waals surface area contributed by atoms with Crippen LogP contribution in [0.3, 0.4) is 0 Å². The summed E-state index contributed by atoms with van der Waals surface area (Å²) in [5, 5.41) is 7.81. The Morgan fingerprint density at radius 3 is 2.58 bits per heavy atom. The van der Waals surface area contributed by atoms with Gasteiger partial charge in [-0.1, -0.05) is 27.7 Å². The summed E-state index contributed by atoms with van der Waals surface area (Å²) in [4.78, 5) is 2.37. The van der Waals surface area contributed by atoms with Crippen LogP contribution >= 0.6 is 0 Å². The Morgan fingerprint density at radius 2 is 2.11 bits per heavy atom. The monoisotopic (exact) mass is 266 g/mol. The highest BCUT2D eigenvalue weighted by molar-refractivity contribution is 5.02. The van der Waals surface area contributed by atoms with Crippen LogP contribution in [0, 0.1) is 5.41 Å². The van der Waals surface area contributed by atoms with Crippen LogP contribution in [0.4, 0.5) is 0 Å². The van der Waals surface area contributed by atoms with Gasteiger partial charge in [0, 0.05) is 31.4 Å². The first-order valence-corrected chi connectivity index (χ1v) is 7.22. The van der Waals surface area contributed by atoms with Crippen LogP contribution in [-0.4, -0.2) is 40.9 Å². The standard InChI is InChI=1S/C15H30N4/c1-7-16-14(15(2,3)4)8-9-18(5)11-13-10-17-19(6)12-13/h10,12,14,16H,7-9,11H2,1-6H3. The highest BCUT2D eigenvalue weighted by atomic mass is 15.2. The molecule has 0 bridgehead atoms. The van der Waals surface area contributed by atoms with E-state index in [0.29, 0.717) is 11.5 Å². The summed E-state index contributed by atoms with van der Waals surface area (Å²) >= 11 is 0. The Kier molecular flexibility index (Phi) is 6.01. The highest BCUT2D eigenvalue weighted by Gasteiger charge is 2.23. The molecule has 19 heavy (non-hydrogen) atoms. The first-order chi connectivity index (χ1) is 8.82. The Hall–Kier alpha value is -0.870. The Balaban J connectivity index is 2.41. The molecule has 0 spiro atoms. The van der Waals surface area contributed by atoms with Crippen molar-refractivity contribution >= 4 is 0 Å². The topological polar surface area (TPSA) is 33.1 Å². The predicted octanol–water partition coefficient (Wildman–Crippen LogP) is 2.27. The van der Waals surface area contributed by atoms with Crippen LogP contribution in [0.1, 0.15) is 39.7 Å². The zero-order valence-electron chi connectivity index (χ0n) is 13.4. The van der Waals surface area contributed by atoms with Gasteiger partial charge in [-0.25, -0.2) is 0 Å². The van der Waals surface area contributed by atoms with Crippen LogP contribution in [0.2, 0.25) is 0 Å². The van der Waals surface area contributed by atoms with E-state index in [4.69, 9.17) is 0 Å². The third kappa shape index (κ3) is 5.74. The van der Waals surface area contributed by atoms with E-state index in [1.54, 1.807) is 0 Å². The summed E-state index contributed by atoms with van der Waals surface area (Å²) in [5.41, 5.74) is 1.59. The second-order valence-electron chi connectivity index (χ2n) is 6.52. The smallest absolute Gasteiger partial charge is 0.0534 e. The predicted molar refractivity (Wildman–Crippen MR) is 81.1 cm³/mol. The summed E-state index contributed by atoms with van der Waals surface area (Å²) < 4.78 is 1.86. The molecule has 0 aliphatic heterocycles. The number of hydrogen-bond donors (Lipinski definition) is 1. The number of nitrogens with zero attached hydrogens (tertiary/aromatic N) is 3. The lowest BCUT2D eigenvalue weighted by Crippen LogP contribution is -2.42. The van der Waals surface area contributed by atoms with Gasteiger partial charge < -0.3 is 10.2 Å². The third-order valence-electron chi connectivity index (χ3n) is 3.51. The van der Waals surface area contributed by atoms with Gasteiger partial charge in [0.1, 0.15) is 0 Å². The van der Waals surface area contributed by atoms with Crippen molar-refractivity contribution in [3.05, 3.63) is 18.0 Å². The van der Waals surface area contributed by atoms with Crippen molar-refractivity contribution in [1.82, 2.24) is 20.0 Å². The van der Waals surface area contributed by atoms with E-state index >= 15 is 0 Å². The van der Waals surface area contributed by atoms with E-state index in [1.807, 2.05) is 17.9 Å². The minimum atomic E-state index is 0.311. The van der Waals surface area contributed by atoms with Crippen LogP contribution in [0.5, 0.6) is 0 Å². The second kappa shape index (κ2) is 7.06. The molecular formula is C15H30N4. The van der Waals surface area contributed by atoms with Gasteiger partial charge in [0.25, 0.3) is 0 Å². The number of nitrogens with one attached hydrogen (secondary N) is 1. The van der Waals surface area contributed by atoms with Gasteiger partial charge >= 0.3 is 0 Å². The van der Waals surface area contributed by atoms with Gasteiger partial charge in [0.2, 0.25) is 0 Å². The summed E-state index contributed by atoms with van der Waals surface area (Å²) in [6.45, 7) is 12.2. The van der Waals surface area contributed by atoms with Crippen molar-refractivity contribution in [2.75, 3.05) is 20.1 Å². The highest BCUT2D eigenvalue weighted by Crippen LogP contribution is 2.22. The molecule has 0 saturated heterocycles. The Bertz CT molecular complexity index is 364. The molecule has 110 valence electrons. The summed E-state index contributed by atoms with van der Waals surface area (Å²) in [7, 11) is 4.14. The molecule has 0 saturated carbocycles. The van der Waals surface area contributed by atoms with Gasteiger partial charge in [-0.2, -0.15) is 5.10 Å². The molecule has 0 aromatic carbocycles. The van der Waals surface area contributed by atoms with Crippen molar-refractivity contribution < 1.29 is 0 Å². The molecule has 0 amide bonds. The maximum atomic E-state index is 4.21. The summed E-state index contributed by atoms with van der Waals surface area (Å²) in [6.07, 6.45) is 5.21. The van der Waals surface area contributed by atoms with Crippen molar-refractivity contribution in [2.24, 2.45) is 12.5 Å². The summed E-state index contributed by atoms with van der Waals surface area (Å²) in [5.74, 6) is 0. The van der Waals surface area contributed by atoms with E-state index in [1.165, 1.54) is 12.0 Å². The molecule has 0 fully saturated rings.